The van der Waals surface area contributed by atoms with Gasteiger partial charge in [0.1, 0.15) is 0 Å². The van der Waals surface area contributed by atoms with Crippen LogP contribution in [0.2, 0.25) is 0 Å². The molecule has 0 aliphatic carbocycles. The Morgan fingerprint density at radius 2 is 1.87 bits per heavy atom. The van der Waals surface area contributed by atoms with Gasteiger partial charge in [0.2, 0.25) is 0 Å². The van der Waals surface area contributed by atoms with Crippen molar-refractivity contribution in [2.24, 2.45) is 5.73 Å². The maximum Gasteiger partial charge on any atom is 0.261 e. The number of rotatable bonds is 4. The van der Waals surface area contributed by atoms with Gasteiger partial charge in [0.15, 0.2) is 9.58 Å². The van der Waals surface area contributed by atoms with Crippen LogP contribution in [0.3, 0.4) is 0 Å². The molecule has 3 rings (SSSR count). The number of benzene rings is 1. The molecule has 116 valence electrons. The summed E-state index contributed by atoms with van der Waals surface area (Å²) in [5.41, 5.74) is 8.51. The third kappa shape index (κ3) is 3.47. The highest BCUT2D eigenvalue weighted by atomic mass is 79.9. The topological polar surface area (TPSA) is 80.9 Å². The minimum Gasteiger partial charge on any atom is -0.305 e. The summed E-state index contributed by atoms with van der Waals surface area (Å²) in [6.07, 6.45) is 3.40. The van der Waals surface area contributed by atoms with Crippen molar-refractivity contribution < 1.29 is 4.79 Å². The number of hydrogen-bond donors (Lipinski definition) is 2. The molecule has 2 aromatic heterocycles. The Hall–Kier alpha value is -2.09. The van der Waals surface area contributed by atoms with Gasteiger partial charge in [0.25, 0.3) is 5.91 Å². The lowest BCUT2D eigenvalue weighted by Crippen LogP contribution is -2.42. The molecule has 0 aliphatic rings. The van der Waals surface area contributed by atoms with E-state index in [1.165, 1.54) is 11.3 Å². The zero-order valence-electron chi connectivity index (χ0n) is 11.9. The standard InChI is InChI=1S/C16H13BrN4OS/c17-16(18,12-4-2-1-3-5-12)14(22)21-15-20-13(10-23-15)11-6-8-19-9-7-11/h1-10H,18H2,(H,20,21,22). The van der Waals surface area contributed by atoms with E-state index in [-0.39, 0.29) is 5.91 Å². The Kier molecular flexibility index (Phi) is 4.51. The fourth-order valence-electron chi connectivity index (χ4n) is 1.99. The van der Waals surface area contributed by atoms with E-state index >= 15 is 0 Å². The number of aromatic nitrogens is 2. The quantitative estimate of drug-likeness (QED) is 0.530. The number of nitrogens with zero attached hydrogens (tertiary/aromatic N) is 2. The molecule has 0 aliphatic heterocycles. The van der Waals surface area contributed by atoms with Crippen LogP contribution in [-0.4, -0.2) is 15.9 Å². The zero-order valence-corrected chi connectivity index (χ0v) is 14.3. The van der Waals surface area contributed by atoms with Gasteiger partial charge in [-0.05, 0) is 17.7 Å². The summed E-state index contributed by atoms with van der Waals surface area (Å²) in [4.78, 5) is 20.8. The number of carbonyl (C=O) groups excluding carboxylic acids is 1. The molecule has 3 aromatic rings. The Balaban J connectivity index is 1.77. The number of alkyl halides is 1. The van der Waals surface area contributed by atoms with Crippen molar-refractivity contribution in [3.63, 3.8) is 0 Å². The molecule has 0 radical (unpaired) electrons. The monoisotopic (exact) mass is 388 g/mol. The van der Waals surface area contributed by atoms with Crippen LogP contribution in [-0.2, 0) is 9.24 Å². The molecule has 1 aromatic carbocycles. The minimum absolute atomic E-state index is 0.376. The predicted molar refractivity (Wildman–Crippen MR) is 95.2 cm³/mol. The van der Waals surface area contributed by atoms with Crippen molar-refractivity contribution in [3.05, 3.63) is 65.8 Å². The number of hydrogen-bond acceptors (Lipinski definition) is 5. The molecule has 0 fully saturated rings. The van der Waals surface area contributed by atoms with Crippen LogP contribution in [0.1, 0.15) is 5.56 Å². The number of carbonyl (C=O) groups is 1. The first-order chi connectivity index (χ1) is 11.1. The molecule has 3 N–H and O–H groups in total. The first-order valence-electron chi connectivity index (χ1n) is 6.78. The lowest BCUT2D eigenvalue weighted by atomic mass is 10.1. The van der Waals surface area contributed by atoms with E-state index in [2.05, 4.69) is 31.2 Å². The van der Waals surface area contributed by atoms with Crippen molar-refractivity contribution in [1.29, 1.82) is 0 Å². The van der Waals surface area contributed by atoms with Gasteiger partial charge < -0.3 is 5.73 Å². The molecule has 0 bridgehead atoms. The minimum atomic E-state index is -1.31. The van der Waals surface area contributed by atoms with E-state index in [1.807, 2.05) is 35.7 Å². The average molecular weight is 389 g/mol. The number of amides is 1. The van der Waals surface area contributed by atoms with Crippen LogP contribution in [0.5, 0.6) is 0 Å². The Morgan fingerprint density at radius 1 is 1.17 bits per heavy atom. The highest BCUT2D eigenvalue weighted by Crippen LogP contribution is 2.29. The second-order valence-corrected chi connectivity index (χ2v) is 6.91. The predicted octanol–water partition coefficient (Wildman–Crippen LogP) is 3.35. The van der Waals surface area contributed by atoms with E-state index in [0.717, 1.165) is 11.3 Å². The van der Waals surface area contributed by atoms with E-state index in [1.54, 1.807) is 24.5 Å². The first kappa shape index (κ1) is 15.8. The summed E-state index contributed by atoms with van der Waals surface area (Å²) < 4.78 is -1.31. The molecule has 0 spiro atoms. The normalized spacial score (nSPS) is 13.3. The van der Waals surface area contributed by atoms with Crippen molar-refractivity contribution in [2.45, 2.75) is 4.45 Å². The number of thiazole rings is 1. The largest absolute Gasteiger partial charge is 0.305 e. The number of pyridine rings is 1. The zero-order chi connectivity index (χ0) is 16.3. The number of nitrogens with two attached hydrogens (primary N) is 1. The van der Waals surface area contributed by atoms with Gasteiger partial charge in [0, 0.05) is 23.3 Å². The number of halogens is 1. The third-order valence-electron chi connectivity index (χ3n) is 3.23. The summed E-state index contributed by atoms with van der Waals surface area (Å²) in [6.45, 7) is 0. The molecule has 0 saturated carbocycles. The summed E-state index contributed by atoms with van der Waals surface area (Å²) in [5.74, 6) is -0.376. The van der Waals surface area contributed by atoms with Crippen molar-refractivity contribution in [2.75, 3.05) is 5.32 Å². The average Bonchev–Trinajstić information content (AvgIpc) is 3.05. The van der Waals surface area contributed by atoms with Gasteiger partial charge in [-0.25, -0.2) is 4.98 Å². The maximum atomic E-state index is 12.5. The summed E-state index contributed by atoms with van der Waals surface area (Å²) >= 11 is 4.64. The second kappa shape index (κ2) is 6.57. The summed E-state index contributed by atoms with van der Waals surface area (Å²) in [5, 5.41) is 5.12. The lowest BCUT2D eigenvalue weighted by Gasteiger charge is -2.21. The molecule has 1 unspecified atom stereocenters. The fraction of sp³-hybridized carbons (Fsp3) is 0.0625. The molecule has 0 saturated heterocycles. The molecule has 1 amide bonds. The van der Waals surface area contributed by atoms with E-state index in [0.29, 0.717) is 10.7 Å². The van der Waals surface area contributed by atoms with Gasteiger partial charge in [-0.2, -0.15) is 0 Å². The van der Waals surface area contributed by atoms with Gasteiger partial charge in [-0.15, -0.1) is 11.3 Å². The summed E-state index contributed by atoms with van der Waals surface area (Å²) in [7, 11) is 0. The van der Waals surface area contributed by atoms with E-state index in [4.69, 9.17) is 5.73 Å². The van der Waals surface area contributed by atoms with Crippen LogP contribution in [0.15, 0.2) is 60.2 Å². The Morgan fingerprint density at radius 3 is 2.57 bits per heavy atom. The van der Waals surface area contributed by atoms with Gasteiger partial charge in [0.05, 0.1) is 5.69 Å². The smallest absolute Gasteiger partial charge is 0.261 e. The Labute approximate surface area is 145 Å². The third-order valence-corrected chi connectivity index (χ3v) is 4.80. The maximum absolute atomic E-state index is 12.5. The SMILES string of the molecule is NC(Br)(C(=O)Nc1nc(-c2ccncc2)cs1)c1ccccc1. The van der Waals surface area contributed by atoms with Crippen molar-refractivity contribution in [3.8, 4) is 11.3 Å². The molecule has 7 heteroatoms. The van der Waals surface area contributed by atoms with Gasteiger partial charge in [-0.1, -0.05) is 46.3 Å². The first-order valence-corrected chi connectivity index (χ1v) is 8.45. The van der Waals surface area contributed by atoms with Crippen LogP contribution in [0, 0.1) is 0 Å². The molecule has 2 heterocycles. The lowest BCUT2D eigenvalue weighted by molar-refractivity contribution is -0.118. The molecular weight excluding hydrogens is 376 g/mol. The molecule has 5 nitrogen and oxygen atoms in total. The van der Waals surface area contributed by atoms with Gasteiger partial charge in [-0.3, -0.25) is 15.1 Å². The molecule has 23 heavy (non-hydrogen) atoms. The van der Waals surface area contributed by atoms with E-state index in [9.17, 15) is 4.79 Å². The van der Waals surface area contributed by atoms with Crippen molar-refractivity contribution in [1.82, 2.24) is 9.97 Å². The van der Waals surface area contributed by atoms with E-state index < -0.39 is 4.45 Å². The van der Waals surface area contributed by atoms with Crippen LogP contribution in [0.4, 0.5) is 5.13 Å². The Bertz CT molecular complexity index is 805. The fourth-order valence-corrected chi connectivity index (χ4v) is 3.06. The van der Waals surface area contributed by atoms with Gasteiger partial charge >= 0.3 is 0 Å². The van der Waals surface area contributed by atoms with Crippen LogP contribution in [0.25, 0.3) is 11.3 Å². The highest BCUT2D eigenvalue weighted by Gasteiger charge is 2.33. The number of nitrogens with one attached hydrogen (secondary N) is 1. The summed E-state index contributed by atoms with van der Waals surface area (Å²) in [6, 6.07) is 12.8. The van der Waals surface area contributed by atoms with Crippen LogP contribution >= 0.6 is 27.3 Å². The second-order valence-electron chi connectivity index (χ2n) is 4.81. The van der Waals surface area contributed by atoms with Crippen LogP contribution < -0.4 is 11.1 Å². The molecule has 1 atom stereocenters. The number of anilines is 1. The van der Waals surface area contributed by atoms with Crippen molar-refractivity contribution >= 4 is 38.3 Å². The highest BCUT2D eigenvalue weighted by molar-refractivity contribution is 9.10. The molecular formula is C16H13BrN4OS.